The Balaban J connectivity index is 2.52. The van der Waals surface area contributed by atoms with E-state index in [1.54, 1.807) is 13.0 Å². The number of carboxylic acid groups (broad SMARTS) is 1. The minimum atomic E-state index is -1.20. The lowest BCUT2D eigenvalue weighted by atomic mass is 10.0. The number of aromatic nitrogens is 1. The molecule has 17 heavy (non-hydrogen) atoms. The van der Waals surface area contributed by atoms with Crippen molar-refractivity contribution in [1.82, 2.24) is 5.16 Å². The monoisotopic (exact) mass is 235 g/mol. The molecule has 4 nitrogen and oxygen atoms in total. The summed E-state index contributed by atoms with van der Waals surface area (Å²) in [6, 6.07) is 4.19. The zero-order valence-electron chi connectivity index (χ0n) is 9.32. The Morgan fingerprint density at radius 1 is 1.29 bits per heavy atom. The summed E-state index contributed by atoms with van der Waals surface area (Å²) in [5, 5.41) is 12.0. The summed E-state index contributed by atoms with van der Waals surface area (Å²) < 4.78 is 18.5. The molecule has 1 heterocycles. The van der Waals surface area contributed by atoms with Crippen molar-refractivity contribution in [3.63, 3.8) is 0 Å². The maximum Gasteiger partial charge on any atom is 0.358 e. The van der Waals surface area contributed by atoms with E-state index in [4.69, 9.17) is 9.63 Å². The second-order valence-corrected chi connectivity index (χ2v) is 3.80. The molecule has 0 aliphatic heterocycles. The van der Waals surface area contributed by atoms with Gasteiger partial charge in [0.15, 0.2) is 11.5 Å². The van der Waals surface area contributed by atoms with Gasteiger partial charge in [0.1, 0.15) is 5.82 Å². The highest BCUT2D eigenvalue weighted by molar-refractivity contribution is 5.86. The number of hydrogen-bond donors (Lipinski definition) is 1. The second-order valence-electron chi connectivity index (χ2n) is 3.80. The summed E-state index contributed by atoms with van der Waals surface area (Å²) in [5.41, 5.74) is 1.70. The van der Waals surface area contributed by atoms with Crippen LogP contribution in [0.5, 0.6) is 0 Å². The fourth-order valence-electron chi connectivity index (χ4n) is 1.47. The molecule has 1 aromatic carbocycles. The first kappa shape index (κ1) is 11.3. The summed E-state index contributed by atoms with van der Waals surface area (Å²) in [6.07, 6.45) is 0. The maximum absolute atomic E-state index is 13.7. The average Bonchev–Trinajstić information content (AvgIpc) is 2.72. The van der Waals surface area contributed by atoms with Crippen LogP contribution in [-0.2, 0) is 0 Å². The standard InChI is InChI=1S/C12H10FNO3/c1-6-3-8(9(13)4-7(6)2)11-5-10(12(15)16)14-17-11/h3-5H,1-2H3,(H,15,16). The first-order chi connectivity index (χ1) is 7.99. The van der Waals surface area contributed by atoms with Gasteiger partial charge in [-0.2, -0.15) is 0 Å². The number of benzene rings is 1. The minimum Gasteiger partial charge on any atom is -0.476 e. The zero-order valence-corrected chi connectivity index (χ0v) is 9.32. The van der Waals surface area contributed by atoms with Crippen LogP contribution in [0, 0.1) is 19.7 Å². The number of aryl methyl sites for hydroxylation is 2. The first-order valence-corrected chi connectivity index (χ1v) is 4.96. The Hall–Kier alpha value is -2.17. The Morgan fingerprint density at radius 3 is 2.53 bits per heavy atom. The van der Waals surface area contributed by atoms with E-state index in [0.29, 0.717) is 0 Å². The fraction of sp³-hybridized carbons (Fsp3) is 0.167. The molecule has 5 heteroatoms. The SMILES string of the molecule is Cc1cc(F)c(-c2cc(C(=O)O)no2)cc1C. The number of rotatable bonds is 2. The molecular weight excluding hydrogens is 225 g/mol. The predicted molar refractivity (Wildman–Crippen MR) is 58.3 cm³/mol. The van der Waals surface area contributed by atoms with E-state index in [1.165, 1.54) is 12.1 Å². The van der Waals surface area contributed by atoms with Gasteiger partial charge in [0.25, 0.3) is 0 Å². The molecule has 0 aliphatic rings. The summed E-state index contributed by atoms with van der Waals surface area (Å²) in [7, 11) is 0. The highest BCUT2D eigenvalue weighted by atomic mass is 19.1. The van der Waals surface area contributed by atoms with Crippen LogP contribution in [0.2, 0.25) is 0 Å². The number of halogens is 1. The molecule has 0 fully saturated rings. The summed E-state index contributed by atoms with van der Waals surface area (Å²) in [5.74, 6) is -1.55. The Bertz CT molecular complexity index is 589. The number of nitrogens with zero attached hydrogens (tertiary/aromatic N) is 1. The van der Waals surface area contributed by atoms with Gasteiger partial charge in [-0.15, -0.1) is 0 Å². The van der Waals surface area contributed by atoms with Crippen molar-refractivity contribution >= 4 is 5.97 Å². The quantitative estimate of drug-likeness (QED) is 0.869. The molecule has 1 N–H and O–H groups in total. The molecule has 2 rings (SSSR count). The third-order valence-electron chi connectivity index (χ3n) is 2.58. The molecular formula is C12H10FNO3. The van der Waals surface area contributed by atoms with Crippen LogP contribution >= 0.6 is 0 Å². The second kappa shape index (κ2) is 4.01. The molecule has 0 radical (unpaired) electrons. The molecule has 88 valence electrons. The van der Waals surface area contributed by atoms with Gasteiger partial charge in [-0.3, -0.25) is 0 Å². The molecule has 0 saturated heterocycles. The smallest absolute Gasteiger partial charge is 0.358 e. The van der Waals surface area contributed by atoms with E-state index in [1.807, 2.05) is 6.92 Å². The van der Waals surface area contributed by atoms with Crippen LogP contribution in [0.15, 0.2) is 22.7 Å². The topological polar surface area (TPSA) is 63.3 Å². The van der Waals surface area contributed by atoms with Crippen molar-refractivity contribution < 1.29 is 18.8 Å². The highest BCUT2D eigenvalue weighted by Crippen LogP contribution is 2.26. The van der Waals surface area contributed by atoms with Gasteiger partial charge in [-0.25, -0.2) is 9.18 Å². The van der Waals surface area contributed by atoms with Gasteiger partial charge in [0, 0.05) is 6.07 Å². The van der Waals surface area contributed by atoms with Crippen molar-refractivity contribution in [1.29, 1.82) is 0 Å². The largest absolute Gasteiger partial charge is 0.476 e. The lowest BCUT2D eigenvalue weighted by Gasteiger charge is -2.03. The maximum atomic E-state index is 13.7. The van der Waals surface area contributed by atoms with Gasteiger partial charge < -0.3 is 9.63 Å². The van der Waals surface area contributed by atoms with Crippen LogP contribution in [-0.4, -0.2) is 16.2 Å². The van der Waals surface area contributed by atoms with Gasteiger partial charge in [0.05, 0.1) is 5.56 Å². The number of hydrogen-bond acceptors (Lipinski definition) is 3. The van der Waals surface area contributed by atoms with Crippen LogP contribution in [0.25, 0.3) is 11.3 Å². The average molecular weight is 235 g/mol. The normalized spacial score (nSPS) is 10.5. The highest BCUT2D eigenvalue weighted by Gasteiger charge is 2.15. The number of carboxylic acids is 1. The van der Waals surface area contributed by atoms with Crippen molar-refractivity contribution in [3.05, 3.63) is 40.8 Å². The lowest BCUT2D eigenvalue weighted by molar-refractivity contribution is 0.0686. The van der Waals surface area contributed by atoms with E-state index in [-0.39, 0.29) is 17.0 Å². The minimum absolute atomic E-state index is 0.114. The summed E-state index contributed by atoms with van der Waals surface area (Å²) in [4.78, 5) is 10.6. The third-order valence-corrected chi connectivity index (χ3v) is 2.58. The van der Waals surface area contributed by atoms with Crippen LogP contribution in [0.4, 0.5) is 4.39 Å². The number of carbonyl (C=O) groups is 1. The molecule has 0 atom stereocenters. The van der Waals surface area contributed by atoms with Gasteiger partial charge in [-0.1, -0.05) is 5.16 Å². The zero-order chi connectivity index (χ0) is 12.6. The number of aromatic carboxylic acids is 1. The van der Waals surface area contributed by atoms with E-state index < -0.39 is 11.8 Å². The molecule has 0 aliphatic carbocycles. The van der Waals surface area contributed by atoms with E-state index in [0.717, 1.165) is 11.1 Å². The molecule has 2 aromatic rings. The van der Waals surface area contributed by atoms with Crippen molar-refractivity contribution in [2.24, 2.45) is 0 Å². The molecule has 0 unspecified atom stereocenters. The van der Waals surface area contributed by atoms with Crippen molar-refractivity contribution in [3.8, 4) is 11.3 Å². The predicted octanol–water partition coefficient (Wildman–Crippen LogP) is 2.80. The van der Waals surface area contributed by atoms with Crippen molar-refractivity contribution in [2.75, 3.05) is 0 Å². The van der Waals surface area contributed by atoms with Gasteiger partial charge >= 0.3 is 5.97 Å². The van der Waals surface area contributed by atoms with E-state index in [9.17, 15) is 9.18 Å². The Labute approximate surface area is 96.7 Å². The van der Waals surface area contributed by atoms with Crippen LogP contribution < -0.4 is 0 Å². The van der Waals surface area contributed by atoms with Gasteiger partial charge in [0.2, 0.25) is 0 Å². The first-order valence-electron chi connectivity index (χ1n) is 4.96. The molecule has 0 amide bonds. The molecule has 0 saturated carbocycles. The van der Waals surface area contributed by atoms with E-state index >= 15 is 0 Å². The Morgan fingerprint density at radius 2 is 1.94 bits per heavy atom. The molecule has 0 spiro atoms. The van der Waals surface area contributed by atoms with Crippen LogP contribution in [0.1, 0.15) is 21.6 Å². The fourth-order valence-corrected chi connectivity index (χ4v) is 1.47. The van der Waals surface area contributed by atoms with Crippen molar-refractivity contribution in [2.45, 2.75) is 13.8 Å². The summed E-state index contributed by atoms with van der Waals surface area (Å²) in [6.45, 7) is 3.64. The molecule has 0 bridgehead atoms. The van der Waals surface area contributed by atoms with E-state index in [2.05, 4.69) is 5.16 Å². The van der Waals surface area contributed by atoms with Crippen LogP contribution in [0.3, 0.4) is 0 Å². The third kappa shape index (κ3) is 2.04. The molecule has 1 aromatic heterocycles. The van der Waals surface area contributed by atoms with Gasteiger partial charge in [-0.05, 0) is 37.1 Å². The summed E-state index contributed by atoms with van der Waals surface area (Å²) >= 11 is 0. The lowest BCUT2D eigenvalue weighted by Crippen LogP contribution is -1.94. The Kier molecular flexibility index (Phi) is 2.67.